The van der Waals surface area contributed by atoms with Gasteiger partial charge in [-0.15, -0.1) is 10.2 Å². The minimum absolute atomic E-state index is 0.0889. The number of nitrogens with zero attached hydrogens (tertiary/aromatic N) is 7. The lowest BCUT2D eigenvalue weighted by Gasteiger charge is -2.37. The second-order valence-corrected chi connectivity index (χ2v) is 9.45. The van der Waals surface area contributed by atoms with Gasteiger partial charge in [-0.2, -0.15) is 0 Å². The molecule has 6 rings (SSSR count). The predicted octanol–water partition coefficient (Wildman–Crippen LogP) is 1.96. The Morgan fingerprint density at radius 3 is 2.53 bits per heavy atom. The number of ether oxygens (including phenoxy) is 1. The van der Waals surface area contributed by atoms with Crippen LogP contribution >= 0.6 is 0 Å². The lowest BCUT2D eigenvalue weighted by Crippen LogP contribution is -2.51. The SMILES string of the molecule is O=C(CN1CCN(c2nc(-c3nnc(Cc4ccccc4)o3)c(O)c3ncccc23)CC1)N1CCOCC1. The van der Waals surface area contributed by atoms with Crippen LogP contribution in [0.4, 0.5) is 5.82 Å². The predicted molar refractivity (Wildman–Crippen MR) is 140 cm³/mol. The van der Waals surface area contributed by atoms with Gasteiger partial charge in [-0.25, -0.2) is 4.98 Å². The zero-order valence-electron chi connectivity index (χ0n) is 21.0. The van der Waals surface area contributed by atoms with Crippen LogP contribution in [0.25, 0.3) is 22.5 Å². The van der Waals surface area contributed by atoms with E-state index in [2.05, 4.69) is 25.0 Å². The van der Waals surface area contributed by atoms with Crippen molar-refractivity contribution in [1.29, 1.82) is 0 Å². The number of rotatable bonds is 6. The van der Waals surface area contributed by atoms with Crippen LogP contribution in [0, 0.1) is 0 Å². The molecular weight excluding hydrogens is 486 g/mol. The van der Waals surface area contributed by atoms with E-state index in [9.17, 15) is 9.90 Å². The molecule has 38 heavy (non-hydrogen) atoms. The maximum atomic E-state index is 12.7. The Balaban J connectivity index is 1.22. The highest BCUT2D eigenvalue weighted by atomic mass is 16.5. The van der Waals surface area contributed by atoms with E-state index >= 15 is 0 Å². The molecule has 0 bridgehead atoms. The number of carbonyl (C=O) groups excluding carboxylic acids is 1. The summed E-state index contributed by atoms with van der Waals surface area (Å²) in [5.74, 6) is 1.34. The van der Waals surface area contributed by atoms with Crippen molar-refractivity contribution in [2.45, 2.75) is 6.42 Å². The number of aromatic hydroxyl groups is 1. The molecule has 1 aromatic carbocycles. The topological polar surface area (TPSA) is 121 Å². The van der Waals surface area contributed by atoms with Gasteiger partial charge in [-0.3, -0.25) is 14.7 Å². The molecule has 0 aliphatic carbocycles. The van der Waals surface area contributed by atoms with Crippen molar-refractivity contribution in [2.75, 3.05) is 63.9 Å². The standard InChI is InChI=1S/C27H29N7O4/c35-22(33-13-15-37-16-14-33)18-32-9-11-34(12-10-32)26-20-7-4-8-28-23(20)25(36)24(29-26)27-31-30-21(38-27)17-19-5-2-1-3-6-19/h1-8,36H,9-18H2. The van der Waals surface area contributed by atoms with Crippen molar-refractivity contribution < 1.29 is 19.1 Å². The molecule has 0 spiro atoms. The van der Waals surface area contributed by atoms with Crippen LogP contribution in [0.5, 0.6) is 5.75 Å². The van der Waals surface area contributed by atoms with Gasteiger partial charge in [0.25, 0.3) is 5.89 Å². The molecule has 0 atom stereocenters. The van der Waals surface area contributed by atoms with Gasteiger partial charge in [-0.1, -0.05) is 30.3 Å². The van der Waals surface area contributed by atoms with E-state index in [0.29, 0.717) is 69.6 Å². The molecule has 1 N–H and O–H groups in total. The van der Waals surface area contributed by atoms with E-state index in [1.807, 2.05) is 47.4 Å². The van der Waals surface area contributed by atoms with E-state index in [1.54, 1.807) is 6.20 Å². The molecule has 2 aliphatic rings. The number of aromatic nitrogens is 4. The number of carbonyl (C=O) groups is 1. The maximum absolute atomic E-state index is 12.7. The van der Waals surface area contributed by atoms with Gasteiger partial charge in [0.05, 0.1) is 26.2 Å². The average molecular weight is 516 g/mol. The van der Waals surface area contributed by atoms with Crippen molar-refractivity contribution in [3.63, 3.8) is 0 Å². The number of hydrogen-bond acceptors (Lipinski definition) is 10. The third-order valence-electron chi connectivity index (χ3n) is 6.98. The zero-order chi connectivity index (χ0) is 25.9. The highest BCUT2D eigenvalue weighted by Crippen LogP contribution is 2.37. The summed E-state index contributed by atoms with van der Waals surface area (Å²) in [6.45, 7) is 5.71. The Morgan fingerprint density at radius 2 is 1.74 bits per heavy atom. The fraction of sp³-hybridized carbons (Fsp3) is 0.370. The molecule has 4 aromatic rings. The van der Waals surface area contributed by atoms with Crippen molar-refractivity contribution in [3.8, 4) is 17.3 Å². The second-order valence-electron chi connectivity index (χ2n) is 9.45. The normalized spacial score (nSPS) is 16.7. The molecule has 2 saturated heterocycles. The van der Waals surface area contributed by atoms with E-state index in [-0.39, 0.29) is 23.2 Å². The number of benzene rings is 1. The van der Waals surface area contributed by atoms with Crippen LogP contribution in [0.3, 0.4) is 0 Å². The first-order valence-electron chi connectivity index (χ1n) is 12.8. The van der Waals surface area contributed by atoms with Crippen molar-refractivity contribution in [2.24, 2.45) is 0 Å². The summed E-state index contributed by atoms with van der Waals surface area (Å²) in [7, 11) is 0. The smallest absolute Gasteiger partial charge is 0.270 e. The van der Waals surface area contributed by atoms with Crippen LogP contribution < -0.4 is 4.90 Å². The van der Waals surface area contributed by atoms with E-state index < -0.39 is 0 Å². The zero-order valence-corrected chi connectivity index (χ0v) is 21.0. The molecule has 2 fully saturated rings. The molecule has 5 heterocycles. The summed E-state index contributed by atoms with van der Waals surface area (Å²) >= 11 is 0. The number of pyridine rings is 2. The van der Waals surface area contributed by atoms with Crippen LogP contribution in [0.15, 0.2) is 53.1 Å². The van der Waals surface area contributed by atoms with Gasteiger partial charge in [0.2, 0.25) is 11.8 Å². The molecule has 11 heteroatoms. The summed E-state index contributed by atoms with van der Waals surface area (Å²) < 4.78 is 11.3. The van der Waals surface area contributed by atoms with Gasteiger partial charge in [-0.05, 0) is 17.7 Å². The van der Waals surface area contributed by atoms with E-state index in [4.69, 9.17) is 14.1 Å². The van der Waals surface area contributed by atoms with Crippen LogP contribution in [0.2, 0.25) is 0 Å². The molecule has 0 saturated carbocycles. The number of amides is 1. The Hall–Kier alpha value is -4.09. The fourth-order valence-electron chi connectivity index (χ4n) is 4.91. The maximum Gasteiger partial charge on any atom is 0.270 e. The first kappa shape index (κ1) is 24.3. The highest BCUT2D eigenvalue weighted by molar-refractivity contribution is 5.97. The minimum Gasteiger partial charge on any atom is -0.504 e. The van der Waals surface area contributed by atoms with E-state index in [0.717, 1.165) is 24.0 Å². The number of piperazine rings is 1. The van der Waals surface area contributed by atoms with Crippen molar-refractivity contribution in [3.05, 3.63) is 60.1 Å². The van der Waals surface area contributed by atoms with Gasteiger partial charge in [0.15, 0.2) is 11.4 Å². The molecule has 1 amide bonds. The highest BCUT2D eigenvalue weighted by Gasteiger charge is 2.27. The lowest BCUT2D eigenvalue weighted by atomic mass is 10.1. The van der Waals surface area contributed by atoms with Gasteiger partial charge >= 0.3 is 0 Å². The fourth-order valence-corrected chi connectivity index (χ4v) is 4.91. The third kappa shape index (κ3) is 5.02. The van der Waals surface area contributed by atoms with E-state index in [1.165, 1.54) is 0 Å². The summed E-state index contributed by atoms with van der Waals surface area (Å²) in [6.07, 6.45) is 2.12. The van der Waals surface area contributed by atoms with Gasteiger partial charge < -0.3 is 24.1 Å². The Kier molecular flexibility index (Phi) is 6.84. The average Bonchev–Trinajstić information content (AvgIpc) is 3.43. The summed E-state index contributed by atoms with van der Waals surface area (Å²) in [4.78, 5) is 28.1. The number of fused-ring (bicyclic) bond motifs is 1. The monoisotopic (exact) mass is 515 g/mol. The number of anilines is 1. The van der Waals surface area contributed by atoms with Crippen molar-refractivity contribution >= 4 is 22.6 Å². The molecule has 0 radical (unpaired) electrons. The first-order chi connectivity index (χ1) is 18.7. The minimum atomic E-state index is -0.0889. The van der Waals surface area contributed by atoms with Gasteiger partial charge in [0.1, 0.15) is 11.3 Å². The Labute approximate surface area is 219 Å². The molecule has 11 nitrogen and oxygen atoms in total. The second kappa shape index (κ2) is 10.7. The third-order valence-corrected chi connectivity index (χ3v) is 6.98. The summed E-state index contributed by atoms with van der Waals surface area (Å²) in [5.41, 5.74) is 1.69. The van der Waals surface area contributed by atoms with Crippen LogP contribution in [-0.2, 0) is 16.0 Å². The summed E-state index contributed by atoms with van der Waals surface area (Å²) in [6, 6.07) is 13.6. The Morgan fingerprint density at radius 1 is 0.947 bits per heavy atom. The molecule has 0 unspecified atom stereocenters. The molecule has 2 aliphatic heterocycles. The quantitative estimate of drug-likeness (QED) is 0.408. The van der Waals surface area contributed by atoms with Crippen molar-refractivity contribution in [1.82, 2.24) is 30.0 Å². The summed E-state index contributed by atoms with van der Waals surface area (Å²) in [5, 5.41) is 20.2. The number of hydrogen-bond donors (Lipinski definition) is 1. The largest absolute Gasteiger partial charge is 0.504 e. The molecule has 3 aromatic heterocycles. The van der Waals surface area contributed by atoms with Crippen LogP contribution in [-0.4, -0.2) is 100 Å². The lowest BCUT2D eigenvalue weighted by molar-refractivity contribution is -0.136. The molecule has 196 valence electrons. The van der Waals surface area contributed by atoms with Crippen LogP contribution in [0.1, 0.15) is 11.5 Å². The number of morpholine rings is 1. The first-order valence-corrected chi connectivity index (χ1v) is 12.8. The van der Waals surface area contributed by atoms with Gasteiger partial charge in [0, 0.05) is 50.9 Å². The Bertz CT molecular complexity index is 1410. The molecular formula is C27H29N7O4.